The monoisotopic (exact) mass is 315 g/mol. The van der Waals surface area contributed by atoms with E-state index in [1.165, 1.54) is 7.05 Å². The number of halogens is 4. The maximum Gasteiger partial charge on any atom is 0.259 e. The van der Waals surface area contributed by atoms with Gasteiger partial charge in [0.05, 0.1) is 22.5 Å². The average Bonchev–Trinajstić information content (AvgIpc) is 2.42. The Balaban J connectivity index is 2.37. The number of carbonyl (C=O) groups excluding carboxylic acids is 1. The number of nitrogens with one attached hydrogen (secondary N) is 2. The molecule has 0 aliphatic rings. The molecule has 0 aliphatic heterocycles. The van der Waals surface area contributed by atoms with Crippen LogP contribution >= 0.6 is 11.6 Å². The average molecular weight is 316 g/mol. The summed E-state index contributed by atoms with van der Waals surface area (Å²) in [5.41, 5.74) is -0.535. The molecule has 1 heterocycles. The summed E-state index contributed by atoms with van der Waals surface area (Å²) in [6.45, 7) is 0. The van der Waals surface area contributed by atoms with E-state index in [0.29, 0.717) is 6.07 Å². The summed E-state index contributed by atoms with van der Waals surface area (Å²) < 4.78 is 39.7. The summed E-state index contributed by atoms with van der Waals surface area (Å²) in [7, 11) is 1.49. The Labute approximate surface area is 122 Å². The third kappa shape index (κ3) is 3.25. The van der Waals surface area contributed by atoms with Crippen LogP contribution in [0.15, 0.2) is 24.4 Å². The smallest absolute Gasteiger partial charge is 0.259 e. The summed E-state index contributed by atoms with van der Waals surface area (Å²) in [6.07, 6.45) is 0.925. The molecule has 21 heavy (non-hydrogen) atoms. The number of amides is 1. The van der Waals surface area contributed by atoms with Gasteiger partial charge in [-0.15, -0.1) is 0 Å². The number of hydrogen-bond acceptors (Lipinski definition) is 3. The Morgan fingerprint density at radius 1 is 1.19 bits per heavy atom. The summed E-state index contributed by atoms with van der Waals surface area (Å²) in [4.78, 5) is 15.7. The van der Waals surface area contributed by atoms with E-state index >= 15 is 0 Å². The number of anilines is 2. The fraction of sp³-hybridized carbons (Fsp3) is 0.0769. The van der Waals surface area contributed by atoms with Gasteiger partial charge in [0.2, 0.25) is 0 Å². The molecule has 8 heteroatoms. The van der Waals surface area contributed by atoms with Gasteiger partial charge in [0.15, 0.2) is 5.82 Å². The zero-order valence-electron chi connectivity index (χ0n) is 10.7. The van der Waals surface area contributed by atoms with Crippen LogP contribution in [0.3, 0.4) is 0 Å². The first-order valence-corrected chi connectivity index (χ1v) is 6.09. The molecule has 0 spiro atoms. The normalized spacial score (nSPS) is 10.3. The third-order valence-electron chi connectivity index (χ3n) is 2.58. The second-order valence-electron chi connectivity index (χ2n) is 4.00. The molecule has 2 aromatic rings. The highest BCUT2D eigenvalue weighted by Gasteiger charge is 2.18. The lowest BCUT2D eigenvalue weighted by Gasteiger charge is -2.11. The van der Waals surface area contributed by atoms with E-state index in [1.807, 2.05) is 0 Å². The number of nitrogens with zero attached hydrogens (tertiary/aromatic N) is 1. The Hall–Kier alpha value is -2.28. The van der Waals surface area contributed by atoms with E-state index in [2.05, 4.69) is 15.6 Å². The van der Waals surface area contributed by atoms with Crippen LogP contribution < -0.4 is 10.6 Å². The lowest BCUT2D eigenvalue weighted by atomic mass is 10.2. The lowest BCUT2D eigenvalue weighted by Crippen LogP contribution is -2.16. The molecule has 2 N–H and O–H groups in total. The van der Waals surface area contributed by atoms with E-state index in [4.69, 9.17) is 11.6 Å². The van der Waals surface area contributed by atoms with Crippen molar-refractivity contribution in [1.82, 2.24) is 4.98 Å². The fourth-order valence-corrected chi connectivity index (χ4v) is 1.90. The quantitative estimate of drug-likeness (QED) is 0.912. The van der Waals surface area contributed by atoms with Gasteiger partial charge in [-0.2, -0.15) is 0 Å². The highest BCUT2D eigenvalue weighted by molar-refractivity contribution is 6.34. The summed E-state index contributed by atoms with van der Waals surface area (Å²) in [5.74, 6) is -3.38. The molecular weight excluding hydrogens is 307 g/mol. The molecule has 0 atom stereocenters. The first-order valence-electron chi connectivity index (χ1n) is 5.71. The zero-order chi connectivity index (χ0) is 15.6. The predicted octanol–water partition coefficient (Wildman–Crippen LogP) is 3.45. The Kier molecular flexibility index (Phi) is 4.32. The van der Waals surface area contributed by atoms with Crippen LogP contribution in [0.5, 0.6) is 0 Å². The standard InChI is InChI=1S/C13H9ClF3N3O/c1-18-12-8(2-7(16)5-19-12)13(21)20-11-9(14)3-6(15)4-10(11)17/h2-5H,1H3,(H,18,19)(H,20,21). The van der Waals surface area contributed by atoms with Gasteiger partial charge in [-0.1, -0.05) is 11.6 Å². The molecule has 0 unspecified atom stereocenters. The van der Waals surface area contributed by atoms with Gasteiger partial charge in [-0.05, 0) is 12.1 Å². The highest BCUT2D eigenvalue weighted by atomic mass is 35.5. The van der Waals surface area contributed by atoms with Crippen LogP contribution in [0.1, 0.15) is 10.4 Å². The Morgan fingerprint density at radius 2 is 1.90 bits per heavy atom. The number of aromatic nitrogens is 1. The third-order valence-corrected chi connectivity index (χ3v) is 2.88. The summed E-state index contributed by atoms with van der Waals surface area (Å²) in [5, 5.41) is 4.46. The van der Waals surface area contributed by atoms with E-state index < -0.39 is 29.0 Å². The van der Waals surface area contributed by atoms with Crippen LogP contribution in [0.2, 0.25) is 5.02 Å². The van der Waals surface area contributed by atoms with Crippen LogP contribution in [-0.2, 0) is 0 Å². The maximum atomic E-state index is 13.6. The van der Waals surface area contributed by atoms with Crippen molar-refractivity contribution in [2.24, 2.45) is 0 Å². The zero-order valence-corrected chi connectivity index (χ0v) is 11.4. The largest absolute Gasteiger partial charge is 0.372 e. The van der Waals surface area contributed by atoms with E-state index in [1.54, 1.807) is 0 Å². The summed E-state index contributed by atoms with van der Waals surface area (Å²) in [6, 6.07) is 2.36. The number of pyridine rings is 1. The molecule has 0 aliphatic carbocycles. The van der Waals surface area contributed by atoms with E-state index in [0.717, 1.165) is 18.3 Å². The van der Waals surface area contributed by atoms with Gasteiger partial charge < -0.3 is 10.6 Å². The molecule has 1 aromatic carbocycles. The molecule has 110 valence electrons. The van der Waals surface area contributed by atoms with Crippen molar-refractivity contribution in [2.45, 2.75) is 0 Å². The molecule has 4 nitrogen and oxygen atoms in total. The second kappa shape index (κ2) is 6.01. The highest BCUT2D eigenvalue weighted by Crippen LogP contribution is 2.27. The number of rotatable bonds is 3. The van der Waals surface area contributed by atoms with Crippen molar-refractivity contribution >= 4 is 29.0 Å². The Bertz CT molecular complexity index is 686. The maximum absolute atomic E-state index is 13.6. The SMILES string of the molecule is CNc1ncc(F)cc1C(=O)Nc1c(F)cc(F)cc1Cl. The predicted molar refractivity (Wildman–Crippen MR) is 73.1 cm³/mol. The lowest BCUT2D eigenvalue weighted by molar-refractivity contribution is 0.102. The van der Waals surface area contributed by atoms with Gasteiger partial charge >= 0.3 is 0 Å². The van der Waals surface area contributed by atoms with Gasteiger partial charge in [0, 0.05) is 13.1 Å². The molecular formula is C13H9ClF3N3O. The topological polar surface area (TPSA) is 54.0 Å². The number of benzene rings is 1. The number of carbonyl (C=O) groups is 1. The molecule has 0 saturated heterocycles. The van der Waals surface area contributed by atoms with Crippen molar-refractivity contribution in [3.05, 3.63) is 52.4 Å². The van der Waals surface area contributed by atoms with Crippen molar-refractivity contribution < 1.29 is 18.0 Å². The van der Waals surface area contributed by atoms with Crippen molar-refractivity contribution in [1.29, 1.82) is 0 Å². The summed E-state index contributed by atoms with van der Waals surface area (Å²) >= 11 is 5.67. The molecule has 0 fully saturated rings. The molecule has 0 radical (unpaired) electrons. The van der Waals surface area contributed by atoms with Crippen molar-refractivity contribution in [3.63, 3.8) is 0 Å². The number of hydrogen-bond donors (Lipinski definition) is 2. The van der Waals surface area contributed by atoms with Crippen molar-refractivity contribution in [2.75, 3.05) is 17.7 Å². The Morgan fingerprint density at radius 3 is 2.52 bits per heavy atom. The van der Waals surface area contributed by atoms with E-state index in [9.17, 15) is 18.0 Å². The van der Waals surface area contributed by atoms with Gasteiger partial charge in [0.25, 0.3) is 5.91 Å². The first-order chi connectivity index (χ1) is 9.92. The van der Waals surface area contributed by atoms with E-state index in [-0.39, 0.29) is 16.4 Å². The minimum absolute atomic E-state index is 0.104. The second-order valence-corrected chi connectivity index (χ2v) is 4.41. The van der Waals surface area contributed by atoms with Gasteiger partial charge in [-0.25, -0.2) is 18.2 Å². The minimum atomic E-state index is -1.04. The van der Waals surface area contributed by atoms with Crippen LogP contribution in [0.4, 0.5) is 24.7 Å². The first kappa shape index (κ1) is 15.1. The minimum Gasteiger partial charge on any atom is -0.372 e. The van der Waals surface area contributed by atoms with Gasteiger partial charge in [-0.3, -0.25) is 4.79 Å². The van der Waals surface area contributed by atoms with Gasteiger partial charge in [0.1, 0.15) is 17.5 Å². The van der Waals surface area contributed by atoms with Crippen molar-refractivity contribution in [3.8, 4) is 0 Å². The molecule has 0 bridgehead atoms. The van der Waals surface area contributed by atoms with Crippen LogP contribution in [0.25, 0.3) is 0 Å². The fourth-order valence-electron chi connectivity index (χ4n) is 1.65. The molecule has 1 amide bonds. The molecule has 0 saturated carbocycles. The molecule has 1 aromatic heterocycles. The van der Waals surface area contributed by atoms with Crippen LogP contribution in [0, 0.1) is 17.5 Å². The van der Waals surface area contributed by atoms with Crippen LogP contribution in [-0.4, -0.2) is 17.9 Å². The molecule has 2 rings (SSSR count).